The fourth-order valence-corrected chi connectivity index (χ4v) is 1.67. The summed E-state index contributed by atoms with van der Waals surface area (Å²) < 4.78 is 0. The highest BCUT2D eigenvalue weighted by Crippen LogP contribution is 2.12. The Labute approximate surface area is 73.9 Å². The highest BCUT2D eigenvalue weighted by atomic mass is 16.1. The molecule has 1 aliphatic heterocycles. The van der Waals surface area contributed by atoms with Crippen LogP contribution in [0, 0.1) is 0 Å². The predicted molar refractivity (Wildman–Crippen MR) is 48.9 cm³/mol. The summed E-state index contributed by atoms with van der Waals surface area (Å²) in [6.45, 7) is 5.75. The van der Waals surface area contributed by atoms with E-state index in [-0.39, 0.29) is 12.1 Å². The highest BCUT2D eigenvalue weighted by Gasteiger charge is 2.26. The van der Waals surface area contributed by atoms with Crippen molar-refractivity contribution < 1.29 is 4.79 Å². The number of hydrogen-bond donors (Lipinski definition) is 1. The summed E-state index contributed by atoms with van der Waals surface area (Å²) in [5.41, 5.74) is 5.75. The van der Waals surface area contributed by atoms with Crippen LogP contribution in [0.4, 0.5) is 0 Å². The van der Waals surface area contributed by atoms with E-state index in [1.165, 1.54) is 0 Å². The highest BCUT2D eigenvalue weighted by molar-refractivity contribution is 5.83. The van der Waals surface area contributed by atoms with Crippen molar-refractivity contribution in [3.05, 3.63) is 0 Å². The van der Waals surface area contributed by atoms with Gasteiger partial charge >= 0.3 is 0 Å². The normalized spacial score (nSPS) is 27.4. The maximum atomic E-state index is 11.3. The van der Waals surface area contributed by atoms with Crippen LogP contribution in [0.3, 0.4) is 0 Å². The van der Waals surface area contributed by atoms with Crippen LogP contribution in [0.2, 0.25) is 0 Å². The first-order valence-corrected chi connectivity index (χ1v) is 4.67. The molecular formula is C9H18N2O. The number of hydrogen-bond acceptors (Lipinski definition) is 3. The standard InChI is InChI=1S/C9H18N2O/c1-3-9(12)7(2)11-5-4-8(10)6-11/h7-8H,3-6,10H2,1-2H3. The maximum Gasteiger partial charge on any atom is 0.149 e. The largest absolute Gasteiger partial charge is 0.326 e. The molecule has 1 aliphatic rings. The number of likely N-dealkylation sites (tertiary alicyclic amines) is 1. The zero-order valence-corrected chi connectivity index (χ0v) is 7.92. The number of carbonyl (C=O) groups is 1. The Hall–Kier alpha value is -0.410. The Morgan fingerprint density at radius 3 is 2.83 bits per heavy atom. The third kappa shape index (κ3) is 2.05. The minimum atomic E-state index is 0.0727. The molecule has 0 aliphatic carbocycles. The minimum absolute atomic E-state index is 0.0727. The Bertz CT molecular complexity index is 170. The molecule has 2 unspecified atom stereocenters. The molecule has 12 heavy (non-hydrogen) atoms. The smallest absolute Gasteiger partial charge is 0.149 e. The summed E-state index contributed by atoms with van der Waals surface area (Å²) in [7, 11) is 0. The quantitative estimate of drug-likeness (QED) is 0.666. The molecule has 0 radical (unpaired) electrons. The van der Waals surface area contributed by atoms with E-state index in [9.17, 15) is 4.79 Å². The fraction of sp³-hybridized carbons (Fsp3) is 0.889. The Morgan fingerprint density at radius 1 is 1.75 bits per heavy atom. The third-order valence-electron chi connectivity index (χ3n) is 2.62. The molecule has 70 valence electrons. The number of Topliss-reactive ketones (excluding diaryl/α,β-unsaturated/α-hetero) is 1. The summed E-state index contributed by atoms with van der Waals surface area (Å²) >= 11 is 0. The van der Waals surface area contributed by atoms with E-state index in [0.717, 1.165) is 19.5 Å². The first-order valence-electron chi connectivity index (χ1n) is 4.67. The van der Waals surface area contributed by atoms with Gasteiger partial charge in [-0.3, -0.25) is 9.69 Å². The van der Waals surface area contributed by atoms with Gasteiger partial charge in [0.2, 0.25) is 0 Å². The second-order valence-electron chi connectivity index (χ2n) is 3.54. The molecule has 3 heteroatoms. The molecule has 1 rings (SSSR count). The molecule has 0 bridgehead atoms. The molecule has 3 nitrogen and oxygen atoms in total. The van der Waals surface area contributed by atoms with Gasteiger partial charge in [0.15, 0.2) is 0 Å². The number of ketones is 1. The van der Waals surface area contributed by atoms with Crippen molar-refractivity contribution in [2.24, 2.45) is 5.73 Å². The van der Waals surface area contributed by atoms with Gasteiger partial charge in [-0.1, -0.05) is 6.92 Å². The zero-order chi connectivity index (χ0) is 9.14. The lowest BCUT2D eigenvalue weighted by atomic mass is 10.1. The van der Waals surface area contributed by atoms with Gasteiger partial charge in [-0.2, -0.15) is 0 Å². The van der Waals surface area contributed by atoms with Crippen molar-refractivity contribution in [2.75, 3.05) is 13.1 Å². The SMILES string of the molecule is CCC(=O)C(C)N1CCC(N)C1. The second kappa shape index (κ2) is 4.01. The van der Waals surface area contributed by atoms with E-state index >= 15 is 0 Å². The van der Waals surface area contributed by atoms with Crippen molar-refractivity contribution in [2.45, 2.75) is 38.8 Å². The Morgan fingerprint density at radius 2 is 2.42 bits per heavy atom. The van der Waals surface area contributed by atoms with Crippen LogP contribution < -0.4 is 5.73 Å². The molecule has 0 aromatic heterocycles. The Kier molecular flexibility index (Phi) is 3.23. The van der Waals surface area contributed by atoms with Gasteiger partial charge in [-0.05, 0) is 13.3 Å². The number of nitrogens with two attached hydrogens (primary N) is 1. The molecule has 1 heterocycles. The summed E-state index contributed by atoms with van der Waals surface area (Å²) in [6, 6.07) is 0.348. The summed E-state index contributed by atoms with van der Waals surface area (Å²) in [4.78, 5) is 13.5. The third-order valence-corrected chi connectivity index (χ3v) is 2.62. The number of carbonyl (C=O) groups excluding carboxylic acids is 1. The average Bonchev–Trinajstić information content (AvgIpc) is 2.49. The van der Waals surface area contributed by atoms with Crippen molar-refractivity contribution in [1.29, 1.82) is 0 Å². The van der Waals surface area contributed by atoms with Crippen LogP contribution in [0.25, 0.3) is 0 Å². The van der Waals surface area contributed by atoms with E-state index in [0.29, 0.717) is 12.2 Å². The van der Waals surface area contributed by atoms with Gasteiger partial charge in [0.1, 0.15) is 5.78 Å². The van der Waals surface area contributed by atoms with Gasteiger partial charge in [0.05, 0.1) is 6.04 Å². The van der Waals surface area contributed by atoms with Crippen molar-refractivity contribution in [3.63, 3.8) is 0 Å². The minimum Gasteiger partial charge on any atom is -0.326 e. The Balaban J connectivity index is 2.42. The van der Waals surface area contributed by atoms with Gasteiger partial charge in [0, 0.05) is 25.6 Å². The van der Waals surface area contributed by atoms with E-state index < -0.39 is 0 Å². The summed E-state index contributed by atoms with van der Waals surface area (Å²) in [6.07, 6.45) is 1.66. The molecule has 2 N–H and O–H groups in total. The lowest BCUT2D eigenvalue weighted by Crippen LogP contribution is -2.38. The molecule has 1 fully saturated rings. The number of rotatable bonds is 3. The molecule has 0 saturated carbocycles. The van der Waals surface area contributed by atoms with Crippen molar-refractivity contribution >= 4 is 5.78 Å². The predicted octanol–water partition coefficient (Wildman–Crippen LogP) is 0.387. The van der Waals surface area contributed by atoms with E-state index in [2.05, 4.69) is 4.90 Å². The van der Waals surface area contributed by atoms with Crippen LogP contribution in [0.15, 0.2) is 0 Å². The molecule has 0 spiro atoms. The molecule has 1 saturated heterocycles. The van der Waals surface area contributed by atoms with Crippen LogP contribution in [0.5, 0.6) is 0 Å². The van der Waals surface area contributed by atoms with E-state index in [1.807, 2.05) is 13.8 Å². The number of nitrogens with zero attached hydrogens (tertiary/aromatic N) is 1. The van der Waals surface area contributed by atoms with Crippen LogP contribution in [-0.2, 0) is 4.79 Å². The summed E-state index contributed by atoms with van der Waals surface area (Å²) in [5.74, 6) is 0.323. The average molecular weight is 170 g/mol. The summed E-state index contributed by atoms with van der Waals surface area (Å²) in [5, 5.41) is 0. The first-order chi connectivity index (χ1) is 5.65. The molecular weight excluding hydrogens is 152 g/mol. The topological polar surface area (TPSA) is 46.3 Å². The monoisotopic (exact) mass is 170 g/mol. The zero-order valence-electron chi connectivity index (χ0n) is 7.92. The van der Waals surface area contributed by atoms with Crippen LogP contribution >= 0.6 is 0 Å². The molecule has 0 aromatic carbocycles. The van der Waals surface area contributed by atoms with Crippen LogP contribution in [0.1, 0.15) is 26.7 Å². The lowest BCUT2D eigenvalue weighted by Gasteiger charge is -2.21. The van der Waals surface area contributed by atoms with Gasteiger partial charge < -0.3 is 5.73 Å². The van der Waals surface area contributed by atoms with Gasteiger partial charge in [-0.25, -0.2) is 0 Å². The van der Waals surface area contributed by atoms with Crippen LogP contribution in [-0.4, -0.2) is 35.9 Å². The molecule has 0 aromatic rings. The maximum absolute atomic E-state index is 11.3. The fourth-order valence-electron chi connectivity index (χ4n) is 1.67. The molecule has 0 amide bonds. The van der Waals surface area contributed by atoms with Gasteiger partial charge in [0.25, 0.3) is 0 Å². The van der Waals surface area contributed by atoms with Crippen molar-refractivity contribution in [3.8, 4) is 0 Å². The van der Waals surface area contributed by atoms with E-state index in [4.69, 9.17) is 5.73 Å². The lowest BCUT2D eigenvalue weighted by molar-refractivity contribution is -0.123. The van der Waals surface area contributed by atoms with Crippen molar-refractivity contribution in [1.82, 2.24) is 4.90 Å². The van der Waals surface area contributed by atoms with E-state index in [1.54, 1.807) is 0 Å². The molecule has 2 atom stereocenters. The van der Waals surface area contributed by atoms with Gasteiger partial charge in [-0.15, -0.1) is 0 Å². The first kappa shape index (κ1) is 9.68. The second-order valence-corrected chi connectivity index (χ2v) is 3.54.